The fraction of sp³-hybridized carbons (Fsp3) is 0.447. The molecule has 0 spiro atoms. The van der Waals surface area contributed by atoms with Gasteiger partial charge >= 0.3 is 0 Å². The Balaban J connectivity index is 1.50. The van der Waals surface area contributed by atoms with E-state index in [2.05, 4.69) is 32.0 Å². The molecule has 0 saturated heterocycles. The van der Waals surface area contributed by atoms with E-state index in [-0.39, 0.29) is 39.8 Å². The number of sulfone groups is 1. The molecule has 2 unspecified atom stereocenters. The highest BCUT2D eigenvalue weighted by molar-refractivity contribution is 7.89. The fourth-order valence-electron chi connectivity index (χ4n) is 7.43. The quantitative estimate of drug-likeness (QED) is 0.139. The first-order valence-electron chi connectivity index (χ1n) is 17.5. The Morgan fingerprint density at radius 1 is 1.05 bits per heavy atom. The maximum absolute atomic E-state index is 15.3. The lowest BCUT2D eigenvalue weighted by molar-refractivity contribution is -0.185. The summed E-state index contributed by atoms with van der Waals surface area (Å²) in [6, 6.07) is 4.90. The van der Waals surface area contributed by atoms with Crippen LogP contribution in [0.2, 0.25) is 0 Å². The van der Waals surface area contributed by atoms with Crippen LogP contribution >= 0.6 is 0 Å². The smallest absolute Gasteiger partial charge is 0.278 e. The van der Waals surface area contributed by atoms with E-state index in [9.17, 15) is 44.7 Å². The molecule has 304 valence electrons. The summed E-state index contributed by atoms with van der Waals surface area (Å²) in [5.74, 6) is -10.0. The number of aryl methyl sites for hydroxylation is 1. The van der Waals surface area contributed by atoms with Gasteiger partial charge in [0.1, 0.15) is 29.0 Å². The van der Waals surface area contributed by atoms with Crippen molar-refractivity contribution < 1.29 is 53.4 Å². The molecule has 0 amide bonds. The van der Waals surface area contributed by atoms with E-state index in [1.54, 1.807) is 25.2 Å². The van der Waals surface area contributed by atoms with Crippen LogP contribution in [0.25, 0.3) is 22.0 Å². The van der Waals surface area contributed by atoms with Crippen molar-refractivity contribution in [3.63, 3.8) is 0 Å². The number of halogens is 8. The van der Waals surface area contributed by atoms with Crippen LogP contribution in [0.5, 0.6) is 0 Å². The topological polar surface area (TPSA) is 131 Å². The maximum Gasteiger partial charge on any atom is 0.278 e. The van der Waals surface area contributed by atoms with Gasteiger partial charge in [-0.3, -0.25) is 14.5 Å². The average Bonchev–Trinajstić information content (AvgIpc) is 3.63. The van der Waals surface area contributed by atoms with Crippen molar-refractivity contribution in [3.8, 4) is 23.0 Å². The van der Waals surface area contributed by atoms with E-state index in [1.165, 1.54) is 24.7 Å². The summed E-state index contributed by atoms with van der Waals surface area (Å²) in [7, 11) is -2.00. The number of hydrazone groups is 1. The van der Waals surface area contributed by atoms with E-state index in [0.29, 0.717) is 22.5 Å². The number of benzene rings is 2. The summed E-state index contributed by atoms with van der Waals surface area (Å²) in [5.41, 5.74) is -1.76. The number of carbonyl (C=O) groups is 1. The lowest BCUT2D eigenvalue weighted by Gasteiger charge is -2.41. The second-order valence-electron chi connectivity index (χ2n) is 14.9. The molecule has 2 aromatic carbocycles. The highest BCUT2D eigenvalue weighted by atomic mass is 32.2. The van der Waals surface area contributed by atoms with Crippen molar-refractivity contribution in [1.29, 1.82) is 0 Å². The minimum atomic E-state index is -3.96. The number of alkyl halides is 6. The molecule has 4 aromatic rings. The Kier molecular flexibility index (Phi) is 11.0. The molecule has 2 aliphatic rings. The van der Waals surface area contributed by atoms with E-state index in [1.807, 2.05) is 0 Å². The minimum absolute atomic E-state index is 0.0193. The van der Waals surface area contributed by atoms with Gasteiger partial charge in [0, 0.05) is 67.3 Å². The number of ketones is 1. The molecule has 6 rings (SSSR count). The summed E-state index contributed by atoms with van der Waals surface area (Å²) in [6.07, 6.45) is -4.96. The highest BCUT2D eigenvalue weighted by Gasteiger charge is 2.66. The summed E-state index contributed by atoms with van der Waals surface area (Å²) >= 11 is 0. The van der Waals surface area contributed by atoms with Gasteiger partial charge in [-0.2, -0.15) is 10.2 Å². The number of carbonyl (C=O) groups excluding carboxylic acids is 1. The van der Waals surface area contributed by atoms with Crippen LogP contribution in [-0.4, -0.2) is 92.5 Å². The third-order valence-corrected chi connectivity index (χ3v) is 10.4. The highest BCUT2D eigenvalue weighted by Crippen LogP contribution is 2.51. The molecule has 1 aliphatic heterocycles. The van der Waals surface area contributed by atoms with Crippen LogP contribution in [0.1, 0.15) is 61.8 Å². The van der Waals surface area contributed by atoms with Crippen molar-refractivity contribution in [2.45, 2.75) is 81.1 Å². The molecular weight excluding hydrogens is 789 g/mol. The number of Topliss-reactive ketones (excluding diaryl/α,β-unsaturated/α-hetero) is 1. The molecule has 57 heavy (non-hydrogen) atoms. The third-order valence-electron chi connectivity index (χ3n) is 9.63. The summed E-state index contributed by atoms with van der Waals surface area (Å²) in [5, 5.41) is 18.8. The van der Waals surface area contributed by atoms with Crippen LogP contribution in [0.15, 0.2) is 47.7 Å². The molecule has 1 N–H and O–H groups in total. The Morgan fingerprint density at radius 2 is 1.72 bits per heavy atom. The second kappa shape index (κ2) is 15.1. The fourth-order valence-corrected chi connectivity index (χ4v) is 8.14. The van der Waals surface area contributed by atoms with Gasteiger partial charge in [-0.25, -0.2) is 53.5 Å². The molecular formula is C38H36F8N6O4S. The summed E-state index contributed by atoms with van der Waals surface area (Å²) in [6.45, 7) is 1.68. The zero-order chi connectivity index (χ0) is 41.8. The molecule has 0 radical (unpaired) electrons. The summed E-state index contributed by atoms with van der Waals surface area (Å²) in [4.78, 5) is 22.9. The zero-order valence-corrected chi connectivity index (χ0v) is 31.7. The molecule has 3 heterocycles. The number of aromatic nitrogens is 4. The largest absolute Gasteiger partial charge is 0.378 e. The van der Waals surface area contributed by atoms with Crippen molar-refractivity contribution in [1.82, 2.24) is 24.8 Å². The number of rotatable bonds is 11. The number of nitrogens with zero attached hydrogens (tertiary/aromatic N) is 6. The van der Waals surface area contributed by atoms with Crippen LogP contribution < -0.4 is 0 Å². The number of para-hydroxylation sites is 1. The first-order valence-corrected chi connectivity index (χ1v) is 19.6. The molecule has 1 fully saturated rings. The van der Waals surface area contributed by atoms with Crippen LogP contribution in [0, 0.1) is 29.4 Å². The molecule has 2 aromatic heterocycles. The maximum atomic E-state index is 15.3. The van der Waals surface area contributed by atoms with Gasteiger partial charge in [0.05, 0.1) is 35.1 Å². The molecule has 1 saturated carbocycles. The van der Waals surface area contributed by atoms with Crippen LogP contribution in [-0.2, 0) is 33.9 Å². The summed E-state index contributed by atoms with van der Waals surface area (Å²) < 4.78 is 143. The first-order chi connectivity index (χ1) is 26.4. The standard InChI is InChI=1S/C38H36F8N6O4S/c1-36(2,54)9-8-29-47-17-27(25-6-5-7-26-28(19-57(4,55)56)49-51(3)33(25)26)31(48-29)21(12-20-13-22(39)16-23(40)14-20)15-24(53)18-52-34-30(32(50-52)35(41)42)37(43,44)10-11-38(34,45)46/h5-7,13-14,16-17,21,30,34-35,54H,10-12,15,18-19H2,1-4H3/t21-,30?,34?/m1/s1. The van der Waals surface area contributed by atoms with Crippen molar-refractivity contribution >= 4 is 32.2 Å². The number of hydrogen-bond donors (Lipinski definition) is 1. The molecule has 0 bridgehead atoms. The Labute approximate surface area is 321 Å². The normalized spacial score (nSPS) is 19.6. The SMILES string of the molecule is Cn1nc(CS(C)(=O)=O)c2cccc(-c3cnc(C#CC(C)(C)O)nc3[C@@H](CC(=O)CN3N=C(C(F)F)C4C3C(F)(F)CCC4(F)F)Cc3cc(F)cc(F)c3)c21. The number of fused-ring (bicyclic) bond motifs is 2. The van der Waals surface area contributed by atoms with Gasteiger partial charge in [0.25, 0.3) is 18.3 Å². The predicted octanol–water partition coefficient (Wildman–Crippen LogP) is 6.25. The third kappa shape index (κ3) is 9.12. The van der Waals surface area contributed by atoms with Crippen molar-refractivity contribution in [2.75, 3.05) is 12.8 Å². The molecule has 3 atom stereocenters. The van der Waals surface area contributed by atoms with Gasteiger partial charge in [0.2, 0.25) is 5.82 Å². The van der Waals surface area contributed by atoms with E-state index < -0.39 is 106 Å². The van der Waals surface area contributed by atoms with Gasteiger partial charge in [-0.1, -0.05) is 24.1 Å². The average molecular weight is 825 g/mol. The Morgan fingerprint density at radius 3 is 2.35 bits per heavy atom. The Bertz CT molecular complexity index is 2420. The second-order valence-corrected chi connectivity index (χ2v) is 17.1. The van der Waals surface area contributed by atoms with Gasteiger partial charge in [-0.05, 0) is 43.9 Å². The molecule has 10 nitrogen and oxygen atoms in total. The van der Waals surface area contributed by atoms with Gasteiger partial charge < -0.3 is 5.11 Å². The van der Waals surface area contributed by atoms with Gasteiger partial charge in [0.15, 0.2) is 15.6 Å². The first kappa shape index (κ1) is 41.7. The predicted molar refractivity (Wildman–Crippen MR) is 192 cm³/mol. The van der Waals surface area contributed by atoms with E-state index >= 15 is 8.78 Å². The molecule has 19 heteroatoms. The van der Waals surface area contributed by atoms with E-state index in [0.717, 1.165) is 18.4 Å². The van der Waals surface area contributed by atoms with Crippen LogP contribution in [0.4, 0.5) is 35.1 Å². The number of aliphatic hydroxyl groups is 1. The van der Waals surface area contributed by atoms with E-state index in [4.69, 9.17) is 0 Å². The van der Waals surface area contributed by atoms with Gasteiger partial charge in [-0.15, -0.1) is 0 Å². The monoisotopic (exact) mass is 824 g/mol. The van der Waals surface area contributed by atoms with Crippen molar-refractivity contribution in [3.05, 3.63) is 77.0 Å². The lowest BCUT2D eigenvalue weighted by Crippen LogP contribution is -2.58. The number of hydrogen-bond acceptors (Lipinski definition) is 9. The van der Waals surface area contributed by atoms with Crippen LogP contribution in [0.3, 0.4) is 0 Å². The Hall–Kier alpha value is -4.96. The minimum Gasteiger partial charge on any atom is -0.378 e. The lowest BCUT2D eigenvalue weighted by atomic mass is 9.76. The van der Waals surface area contributed by atoms with Crippen molar-refractivity contribution in [2.24, 2.45) is 18.1 Å². The zero-order valence-electron chi connectivity index (χ0n) is 30.9. The molecule has 1 aliphatic carbocycles.